The number of amides is 1. The van der Waals surface area contributed by atoms with Crippen LogP contribution >= 0.6 is 27.7 Å². The minimum atomic E-state index is -0.150. The number of benzene rings is 2. The van der Waals surface area contributed by atoms with Gasteiger partial charge in [-0.05, 0) is 43.3 Å². The highest BCUT2D eigenvalue weighted by Gasteiger charge is 2.13. The van der Waals surface area contributed by atoms with Gasteiger partial charge in [-0.2, -0.15) is 0 Å². The first-order chi connectivity index (χ1) is 13.0. The molecule has 140 valence electrons. The van der Waals surface area contributed by atoms with Gasteiger partial charge in [-0.1, -0.05) is 45.4 Å². The highest BCUT2D eigenvalue weighted by atomic mass is 79.9. The molecular formula is C18H18BrN5O2S. The van der Waals surface area contributed by atoms with Gasteiger partial charge >= 0.3 is 0 Å². The number of aryl methyl sites for hydroxylation is 1. The summed E-state index contributed by atoms with van der Waals surface area (Å²) in [6, 6.07) is 15.1. The number of hydrogen-bond donors (Lipinski definition) is 2. The zero-order valence-electron chi connectivity index (χ0n) is 14.6. The lowest BCUT2D eigenvalue weighted by atomic mass is 10.2. The maximum absolute atomic E-state index is 12.1. The molecule has 0 saturated carbocycles. The third kappa shape index (κ3) is 5.48. The van der Waals surface area contributed by atoms with Crippen molar-refractivity contribution in [2.45, 2.75) is 18.7 Å². The number of anilines is 1. The fraction of sp³-hybridized carbons (Fsp3) is 0.167. The Morgan fingerprint density at radius 1 is 1.19 bits per heavy atom. The number of nitrogen functional groups attached to an aromatic ring is 1. The second kappa shape index (κ2) is 8.92. The number of halogens is 1. The van der Waals surface area contributed by atoms with E-state index in [1.807, 2.05) is 55.5 Å². The van der Waals surface area contributed by atoms with Gasteiger partial charge in [0.15, 0.2) is 5.82 Å². The van der Waals surface area contributed by atoms with Crippen molar-refractivity contribution in [3.05, 3.63) is 64.4 Å². The number of nitrogens with one attached hydrogen (secondary N) is 1. The lowest BCUT2D eigenvalue weighted by Gasteiger charge is -2.07. The van der Waals surface area contributed by atoms with Gasteiger partial charge in [0.2, 0.25) is 11.1 Å². The van der Waals surface area contributed by atoms with Crippen LogP contribution in [0.25, 0.3) is 0 Å². The number of nitrogens with two attached hydrogens (primary N) is 1. The molecule has 0 bridgehead atoms. The first-order valence-corrected chi connectivity index (χ1v) is 9.86. The summed E-state index contributed by atoms with van der Waals surface area (Å²) < 4.78 is 7.95. The van der Waals surface area contributed by atoms with Crippen LogP contribution in [0.15, 0.2) is 58.2 Å². The molecule has 1 amide bonds. The Balaban J connectivity index is 1.51. The standard InChI is InChI=1S/C18H18BrN5O2S/c1-12-2-8-15(9-3-12)26-10-16-22-23-18(24(16)20)27-11-17(25)21-14-6-4-13(19)5-7-14/h2-9H,10-11,20H2,1H3,(H,21,25). The second-order valence-electron chi connectivity index (χ2n) is 5.71. The molecule has 7 nitrogen and oxygen atoms in total. The van der Waals surface area contributed by atoms with E-state index in [0.717, 1.165) is 21.5 Å². The molecule has 3 rings (SSSR count). The van der Waals surface area contributed by atoms with Crippen molar-refractivity contribution in [1.82, 2.24) is 14.9 Å². The van der Waals surface area contributed by atoms with Crippen LogP contribution in [-0.4, -0.2) is 26.5 Å². The van der Waals surface area contributed by atoms with E-state index in [2.05, 4.69) is 31.4 Å². The summed E-state index contributed by atoms with van der Waals surface area (Å²) in [5, 5.41) is 11.3. The highest BCUT2D eigenvalue weighted by Crippen LogP contribution is 2.18. The summed E-state index contributed by atoms with van der Waals surface area (Å²) in [7, 11) is 0. The molecular weight excluding hydrogens is 430 g/mol. The number of hydrogen-bond acceptors (Lipinski definition) is 6. The number of thioether (sulfide) groups is 1. The average molecular weight is 448 g/mol. The van der Waals surface area contributed by atoms with Crippen LogP contribution in [0.4, 0.5) is 5.69 Å². The predicted molar refractivity (Wildman–Crippen MR) is 109 cm³/mol. The smallest absolute Gasteiger partial charge is 0.234 e. The average Bonchev–Trinajstić information content (AvgIpc) is 3.01. The van der Waals surface area contributed by atoms with Crippen LogP contribution in [-0.2, 0) is 11.4 Å². The third-order valence-corrected chi connectivity index (χ3v) is 5.06. The van der Waals surface area contributed by atoms with Crippen molar-refractivity contribution in [2.24, 2.45) is 0 Å². The van der Waals surface area contributed by atoms with E-state index >= 15 is 0 Å². The van der Waals surface area contributed by atoms with Gasteiger partial charge in [-0.15, -0.1) is 10.2 Å². The van der Waals surface area contributed by atoms with Gasteiger partial charge in [0.1, 0.15) is 12.4 Å². The van der Waals surface area contributed by atoms with Gasteiger partial charge in [0, 0.05) is 10.2 Å². The molecule has 0 fully saturated rings. The van der Waals surface area contributed by atoms with Crippen LogP contribution in [0.3, 0.4) is 0 Å². The minimum Gasteiger partial charge on any atom is -0.486 e. The normalized spacial score (nSPS) is 10.6. The number of rotatable bonds is 7. The van der Waals surface area contributed by atoms with Crippen molar-refractivity contribution in [3.63, 3.8) is 0 Å². The van der Waals surface area contributed by atoms with E-state index in [4.69, 9.17) is 10.6 Å². The topological polar surface area (TPSA) is 95.1 Å². The Bertz CT molecular complexity index is 913. The van der Waals surface area contributed by atoms with E-state index in [9.17, 15) is 4.79 Å². The second-order valence-corrected chi connectivity index (χ2v) is 7.57. The van der Waals surface area contributed by atoms with Crippen molar-refractivity contribution < 1.29 is 9.53 Å². The Labute approximate surface area is 169 Å². The molecule has 3 N–H and O–H groups in total. The SMILES string of the molecule is Cc1ccc(OCc2nnc(SCC(=O)Nc3ccc(Br)cc3)n2N)cc1. The zero-order valence-corrected chi connectivity index (χ0v) is 17.0. The molecule has 0 aliphatic rings. The van der Waals surface area contributed by atoms with Gasteiger partial charge in [0.05, 0.1) is 5.75 Å². The fourth-order valence-corrected chi connectivity index (χ4v) is 3.09. The van der Waals surface area contributed by atoms with Crippen molar-refractivity contribution in [1.29, 1.82) is 0 Å². The molecule has 3 aromatic rings. The van der Waals surface area contributed by atoms with Gasteiger partial charge in [-0.25, -0.2) is 4.68 Å². The summed E-state index contributed by atoms with van der Waals surface area (Å²) in [5.41, 5.74) is 1.88. The van der Waals surface area contributed by atoms with Crippen molar-refractivity contribution in [3.8, 4) is 5.75 Å². The van der Waals surface area contributed by atoms with E-state index < -0.39 is 0 Å². The molecule has 0 unspecified atom stereocenters. The predicted octanol–water partition coefficient (Wildman–Crippen LogP) is 3.37. The number of aromatic nitrogens is 3. The molecule has 1 aromatic heterocycles. The molecule has 0 saturated heterocycles. The van der Waals surface area contributed by atoms with Crippen LogP contribution in [0.2, 0.25) is 0 Å². The zero-order chi connectivity index (χ0) is 19.2. The first-order valence-electron chi connectivity index (χ1n) is 8.08. The lowest BCUT2D eigenvalue weighted by molar-refractivity contribution is -0.113. The number of carbonyl (C=O) groups excluding carboxylic acids is 1. The van der Waals surface area contributed by atoms with E-state index in [1.165, 1.54) is 16.4 Å². The third-order valence-electron chi connectivity index (χ3n) is 3.58. The lowest BCUT2D eigenvalue weighted by Crippen LogP contribution is -2.18. The first kappa shape index (κ1) is 19.2. The molecule has 27 heavy (non-hydrogen) atoms. The molecule has 2 aromatic carbocycles. The molecule has 0 atom stereocenters. The summed E-state index contributed by atoms with van der Waals surface area (Å²) in [4.78, 5) is 12.1. The maximum Gasteiger partial charge on any atom is 0.234 e. The number of nitrogens with zero attached hydrogens (tertiary/aromatic N) is 3. The van der Waals surface area contributed by atoms with Crippen LogP contribution in [0, 0.1) is 6.92 Å². The van der Waals surface area contributed by atoms with Crippen molar-refractivity contribution in [2.75, 3.05) is 16.9 Å². The molecule has 9 heteroatoms. The Morgan fingerprint density at radius 3 is 2.59 bits per heavy atom. The Hall–Kier alpha value is -2.52. The van der Waals surface area contributed by atoms with Gasteiger partial charge in [0.25, 0.3) is 0 Å². The summed E-state index contributed by atoms with van der Waals surface area (Å²) in [6.45, 7) is 2.20. The quantitative estimate of drug-likeness (QED) is 0.425. The van der Waals surface area contributed by atoms with E-state index in [1.54, 1.807) is 0 Å². The largest absolute Gasteiger partial charge is 0.486 e. The monoisotopic (exact) mass is 447 g/mol. The molecule has 1 heterocycles. The maximum atomic E-state index is 12.1. The Morgan fingerprint density at radius 2 is 1.89 bits per heavy atom. The molecule has 0 radical (unpaired) electrons. The fourth-order valence-electron chi connectivity index (χ4n) is 2.15. The van der Waals surface area contributed by atoms with Gasteiger partial charge in [-0.3, -0.25) is 4.79 Å². The van der Waals surface area contributed by atoms with Crippen LogP contribution < -0.4 is 15.9 Å². The van der Waals surface area contributed by atoms with Crippen LogP contribution in [0.1, 0.15) is 11.4 Å². The molecule has 0 aliphatic carbocycles. The molecule has 0 aliphatic heterocycles. The van der Waals surface area contributed by atoms with E-state index in [-0.39, 0.29) is 18.3 Å². The summed E-state index contributed by atoms with van der Waals surface area (Å²) in [5.74, 6) is 7.23. The van der Waals surface area contributed by atoms with Crippen LogP contribution in [0.5, 0.6) is 5.75 Å². The van der Waals surface area contributed by atoms with Gasteiger partial charge < -0.3 is 15.9 Å². The highest BCUT2D eigenvalue weighted by molar-refractivity contribution is 9.10. The summed E-state index contributed by atoms with van der Waals surface area (Å²) in [6.07, 6.45) is 0. The minimum absolute atomic E-state index is 0.150. The Kier molecular flexibility index (Phi) is 6.36. The number of carbonyl (C=O) groups is 1. The number of ether oxygens (including phenoxy) is 1. The van der Waals surface area contributed by atoms with Crippen molar-refractivity contribution >= 4 is 39.3 Å². The molecule has 0 spiro atoms. The van der Waals surface area contributed by atoms with E-state index in [0.29, 0.717) is 11.0 Å². The summed E-state index contributed by atoms with van der Waals surface area (Å²) >= 11 is 4.56.